The van der Waals surface area contributed by atoms with Crippen LogP contribution in [-0.4, -0.2) is 36.6 Å². The van der Waals surface area contributed by atoms with Gasteiger partial charge in [0.25, 0.3) is 0 Å². The standard InChI is InChI=1S/C11H21NO2/c1-4-12-7-5-6-10(12)11(13)14-8-9(2)3/h9-10H,4-8H2,1-3H3. The third kappa shape index (κ3) is 2.98. The van der Waals surface area contributed by atoms with Gasteiger partial charge in [-0.2, -0.15) is 0 Å². The van der Waals surface area contributed by atoms with E-state index in [1.54, 1.807) is 0 Å². The van der Waals surface area contributed by atoms with Crippen molar-refractivity contribution in [2.24, 2.45) is 5.92 Å². The number of hydrogen-bond acceptors (Lipinski definition) is 3. The highest BCUT2D eigenvalue weighted by molar-refractivity contribution is 5.76. The van der Waals surface area contributed by atoms with E-state index in [0.717, 1.165) is 25.9 Å². The van der Waals surface area contributed by atoms with E-state index in [9.17, 15) is 4.79 Å². The molecule has 0 amide bonds. The zero-order valence-electron chi connectivity index (χ0n) is 9.45. The highest BCUT2D eigenvalue weighted by Gasteiger charge is 2.30. The van der Waals surface area contributed by atoms with Gasteiger partial charge in [-0.05, 0) is 31.8 Å². The Morgan fingerprint density at radius 3 is 2.86 bits per heavy atom. The first-order valence-corrected chi connectivity index (χ1v) is 5.55. The van der Waals surface area contributed by atoms with E-state index in [1.807, 2.05) is 0 Å². The zero-order valence-corrected chi connectivity index (χ0v) is 9.45. The van der Waals surface area contributed by atoms with Crippen LogP contribution in [0.4, 0.5) is 0 Å². The van der Waals surface area contributed by atoms with Crippen molar-refractivity contribution < 1.29 is 9.53 Å². The van der Waals surface area contributed by atoms with E-state index in [1.165, 1.54) is 0 Å². The quantitative estimate of drug-likeness (QED) is 0.645. The largest absolute Gasteiger partial charge is 0.464 e. The number of likely N-dealkylation sites (N-methyl/N-ethyl adjacent to an activating group) is 1. The summed E-state index contributed by atoms with van der Waals surface area (Å²) in [6, 6.07) is 0.0266. The Hall–Kier alpha value is -0.570. The van der Waals surface area contributed by atoms with Crippen LogP contribution in [0, 0.1) is 5.92 Å². The smallest absolute Gasteiger partial charge is 0.323 e. The van der Waals surface area contributed by atoms with Crippen LogP contribution in [0.25, 0.3) is 0 Å². The molecule has 0 aromatic carbocycles. The molecule has 3 heteroatoms. The van der Waals surface area contributed by atoms with Crippen molar-refractivity contribution in [1.29, 1.82) is 0 Å². The van der Waals surface area contributed by atoms with Crippen molar-refractivity contribution >= 4 is 5.97 Å². The van der Waals surface area contributed by atoms with Gasteiger partial charge in [0.1, 0.15) is 6.04 Å². The van der Waals surface area contributed by atoms with Gasteiger partial charge >= 0.3 is 5.97 Å². The fourth-order valence-corrected chi connectivity index (χ4v) is 1.82. The first kappa shape index (κ1) is 11.5. The van der Waals surface area contributed by atoms with E-state index >= 15 is 0 Å². The number of carbonyl (C=O) groups is 1. The van der Waals surface area contributed by atoms with Crippen LogP contribution < -0.4 is 0 Å². The van der Waals surface area contributed by atoms with E-state index in [0.29, 0.717) is 12.5 Å². The third-order valence-electron chi connectivity index (χ3n) is 2.60. The average molecular weight is 199 g/mol. The molecular weight excluding hydrogens is 178 g/mol. The number of hydrogen-bond donors (Lipinski definition) is 0. The lowest BCUT2D eigenvalue weighted by Crippen LogP contribution is -2.37. The molecule has 1 aliphatic heterocycles. The predicted molar refractivity (Wildman–Crippen MR) is 56.1 cm³/mol. The summed E-state index contributed by atoms with van der Waals surface area (Å²) in [6.07, 6.45) is 2.08. The number of nitrogens with zero attached hydrogens (tertiary/aromatic N) is 1. The maximum absolute atomic E-state index is 11.7. The van der Waals surface area contributed by atoms with Gasteiger partial charge in [0.05, 0.1) is 6.61 Å². The molecule has 0 radical (unpaired) electrons. The Bertz CT molecular complexity index is 192. The van der Waals surface area contributed by atoms with Gasteiger partial charge in [0.15, 0.2) is 0 Å². The maximum Gasteiger partial charge on any atom is 0.323 e. The molecule has 1 unspecified atom stereocenters. The van der Waals surface area contributed by atoms with Gasteiger partial charge < -0.3 is 4.74 Å². The molecule has 14 heavy (non-hydrogen) atoms. The van der Waals surface area contributed by atoms with Crippen LogP contribution in [0.1, 0.15) is 33.6 Å². The Kier molecular flexibility index (Phi) is 4.39. The monoisotopic (exact) mass is 199 g/mol. The first-order chi connectivity index (χ1) is 6.65. The van der Waals surface area contributed by atoms with Crippen LogP contribution in [0.2, 0.25) is 0 Å². The molecule has 1 heterocycles. The summed E-state index contributed by atoms with van der Waals surface area (Å²) >= 11 is 0. The summed E-state index contributed by atoms with van der Waals surface area (Å²) in [4.78, 5) is 13.9. The van der Waals surface area contributed by atoms with Crippen LogP contribution in [0.3, 0.4) is 0 Å². The van der Waals surface area contributed by atoms with Crippen LogP contribution in [-0.2, 0) is 9.53 Å². The second-order valence-corrected chi connectivity index (χ2v) is 4.31. The summed E-state index contributed by atoms with van der Waals surface area (Å²) in [6.45, 7) is 8.74. The Labute approximate surface area is 86.4 Å². The lowest BCUT2D eigenvalue weighted by Gasteiger charge is -2.21. The van der Waals surface area contributed by atoms with E-state index in [2.05, 4.69) is 25.7 Å². The molecule has 0 saturated carbocycles. The second kappa shape index (κ2) is 5.35. The molecule has 3 nitrogen and oxygen atoms in total. The maximum atomic E-state index is 11.7. The topological polar surface area (TPSA) is 29.5 Å². The number of esters is 1. The molecule has 0 aromatic heterocycles. The van der Waals surface area contributed by atoms with Gasteiger partial charge in [0.2, 0.25) is 0 Å². The summed E-state index contributed by atoms with van der Waals surface area (Å²) in [7, 11) is 0. The Morgan fingerprint density at radius 1 is 1.57 bits per heavy atom. The lowest BCUT2D eigenvalue weighted by atomic mass is 10.2. The fourth-order valence-electron chi connectivity index (χ4n) is 1.82. The number of likely N-dealkylation sites (tertiary alicyclic amines) is 1. The normalized spacial score (nSPS) is 23.0. The van der Waals surface area contributed by atoms with Gasteiger partial charge in [-0.3, -0.25) is 9.69 Å². The van der Waals surface area contributed by atoms with Gasteiger partial charge in [-0.15, -0.1) is 0 Å². The molecule has 1 atom stereocenters. The van der Waals surface area contributed by atoms with Crippen LogP contribution >= 0.6 is 0 Å². The van der Waals surface area contributed by atoms with E-state index in [-0.39, 0.29) is 12.0 Å². The van der Waals surface area contributed by atoms with Crippen molar-refractivity contribution in [3.8, 4) is 0 Å². The van der Waals surface area contributed by atoms with E-state index in [4.69, 9.17) is 4.74 Å². The molecule has 0 bridgehead atoms. The highest BCUT2D eigenvalue weighted by atomic mass is 16.5. The molecule has 1 rings (SSSR count). The summed E-state index contributed by atoms with van der Waals surface area (Å²) in [5.41, 5.74) is 0. The minimum absolute atomic E-state index is 0.0266. The van der Waals surface area contributed by atoms with Crippen molar-refractivity contribution in [1.82, 2.24) is 4.90 Å². The third-order valence-corrected chi connectivity index (χ3v) is 2.60. The minimum atomic E-state index is -0.0296. The van der Waals surface area contributed by atoms with E-state index < -0.39 is 0 Å². The Morgan fingerprint density at radius 2 is 2.29 bits per heavy atom. The first-order valence-electron chi connectivity index (χ1n) is 5.55. The van der Waals surface area contributed by atoms with Crippen molar-refractivity contribution in [2.45, 2.75) is 39.7 Å². The summed E-state index contributed by atoms with van der Waals surface area (Å²) in [5, 5.41) is 0. The van der Waals surface area contributed by atoms with Crippen LogP contribution in [0.5, 0.6) is 0 Å². The van der Waals surface area contributed by atoms with Gasteiger partial charge in [0, 0.05) is 0 Å². The molecule has 82 valence electrons. The van der Waals surface area contributed by atoms with Gasteiger partial charge in [-0.1, -0.05) is 20.8 Å². The SMILES string of the molecule is CCN1CCCC1C(=O)OCC(C)C. The molecular formula is C11H21NO2. The van der Waals surface area contributed by atoms with Crippen molar-refractivity contribution in [2.75, 3.05) is 19.7 Å². The summed E-state index contributed by atoms with van der Waals surface area (Å²) < 4.78 is 5.24. The number of carbonyl (C=O) groups excluding carboxylic acids is 1. The average Bonchev–Trinajstić information content (AvgIpc) is 2.61. The number of ether oxygens (including phenoxy) is 1. The molecule has 0 aliphatic carbocycles. The van der Waals surface area contributed by atoms with Crippen molar-refractivity contribution in [3.05, 3.63) is 0 Å². The highest BCUT2D eigenvalue weighted by Crippen LogP contribution is 2.17. The number of rotatable bonds is 4. The lowest BCUT2D eigenvalue weighted by molar-refractivity contribution is -0.149. The van der Waals surface area contributed by atoms with Gasteiger partial charge in [-0.25, -0.2) is 0 Å². The predicted octanol–water partition coefficient (Wildman–Crippen LogP) is 1.67. The molecule has 1 fully saturated rings. The zero-order chi connectivity index (χ0) is 10.6. The van der Waals surface area contributed by atoms with Crippen molar-refractivity contribution in [3.63, 3.8) is 0 Å². The molecule has 0 N–H and O–H groups in total. The molecule has 0 aromatic rings. The molecule has 1 aliphatic rings. The van der Waals surface area contributed by atoms with Crippen LogP contribution in [0.15, 0.2) is 0 Å². The molecule has 1 saturated heterocycles. The second-order valence-electron chi connectivity index (χ2n) is 4.31. The Balaban J connectivity index is 2.35. The fraction of sp³-hybridized carbons (Fsp3) is 0.909. The minimum Gasteiger partial charge on any atom is -0.464 e. The summed E-state index contributed by atoms with van der Waals surface area (Å²) in [5.74, 6) is 0.397. The molecule has 0 spiro atoms.